The molecule has 1 atom stereocenters. The molecule has 0 aliphatic carbocycles. The second-order valence-corrected chi connectivity index (χ2v) is 6.23. The van der Waals surface area contributed by atoms with Crippen LogP contribution in [0.3, 0.4) is 0 Å². The molecule has 0 saturated heterocycles. The van der Waals surface area contributed by atoms with Crippen LogP contribution in [0.25, 0.3) is 11.0 Å². The summed E-state index contributed by atoms with van der Waals surface area (Å²) in [7, 11) is 0. The number of pyridine rings is 1. The van der Waals surface area contributed by atoms with Crippen molar-refractivity contribution in [1.29, 1.82) is 0 Å². The Balaban J connectivity index is 1.70. The standard InChI is InChI=1S/C19H17F3N4O2/c1-11-7-13(8-24-18(11)28-10-19(20,21)22)12(2)25-17(27)16-9-23-14-5-3-4-6-15(14)26-16/h3-9,12H,10H2,1-2H3,(H,25,27). The first-order valence-electron chi connectivity index (χ1n) is 8.41. The summed E-state index contributed by atoms with van der Waals surface area (Å²) in [6, 6.07) is 8.37. The second kappa shape index (κ2) is 7.79. The van der Waals surface area contributed by atoms with E-state index in [1.54, 1.807) is 38.1 Å². The zero-order valence-electron chi connectivity index (χ0n) is 15.1. The Morgan fingerprint density at radius 1 is 1.18 bits per heavy atom. The SMILES string of the molecule is Cc1cc(C(C)NC(=O)c2cnc3ccccc3n2)cnc1OCC(F)(F)F. The third-order valence-electron chi connectivity index (χ3n) is 3.95. The molecular formula is C19H17F3N4O2. The maximum Gasteiger partial charge on any atom is 0.422 e. The number of aromatic nitrogens is 3. The van der Waals surface area contributed by atoms with E-state index in [1.165, 1.54) is 12.4 Å². The monoisotopic (exact) mass is 390 g/mol. The van der Waals surface area contributed by atoms with Gasteiger partial charge in [0.2, 0.25) is 5.88 Å². The first kappa shape index (κ1) is 19.5. The van der Waals surface area contributed by atoms with Crippen LogP contribution in [0.1, 0.15) is 34.6 Å². The van der Waals surface area contributed by atoms with Gasteiger partial charge in [-0.3, -0.25) is 9.78 Å². The average Bonchev–Trinajstić information content (AvgIpc) is 2.65. The van der Waals surface area contributed by atoms with E-state index in [4.69, 9.17) is 0 Å². The van der Waals surface area contributed by atoms with Crippen LogP contribution >= 0.6 is 0 Å². The van der Waals surface area contributed by atoms with E-state index in [9.17, 15) is 18.0 Å². The second-order valence-electron chi connectivity index (χ2n) is 6.23. The van der Waals surface area contributed by atoms with Gasteiger partial charge in [-0.05, 0) is 37.6 Å². The van der Waals surface area contributed by atoms with Crippen molar-refractivity contribution in [1.82, 2.24) is 20.3 Å². The van der Waals surface area contributed by atoms with Crippen molar-refractivity contribution in [3.63, 3.8) is 0 Å². The molecule has 0 radical (unpaired) electrons. The van der Waals surface area contributed by atoms with E-state index < -0.39 is 24.7 Å². The lowest BCUT2D eigenvalue weighted by atomic mass is 10.1. The van der Waals surface area contributed by atoms with E-state index in [2.05, 4.69) is 25.0 Å². The minimum absolute atomic E-state index is 0.0972. The molecule has 2 heterocycles. The van der Waals surface area contributed by atoms with Crippen molar-refractivity contribution in [2.45, 2.75) is 26.1 Å². The van der Waals surface area contributed by atoms with E-state index in [0.717, 1.165) is 0 Å². The maximum atomic E-state index is 12.5. The van der Waals surface area contributed by atoms with Crippen LogP contribution < -0.4 is 10.1 Å². The Bertz CT molecular complexity index is 1010. The molecule has 0 spiro atoms. The van der Waals surface area contributed by atoms with Gasteiger partial charge in [-0.1, -0.05) is 12.1 Å². The number of para-hydroxylation sites is 2. The summed E-state index contributed by atoms with van der Waals surface area (Å²) in [6.07, 6.45) is -1.67. The zero-order valence-corrected chi connectivity index (χ0v) is 15.1. The summed E-state index contributed by atoms with van der Waals surface area (Å²) in [5, 5.41) is 2.78. The Labute approximate surface area is 158 Å². The van der Waals surface area contributed by atoms with Gasteiger partial charge in [0.05, 0.1) is 23.3 Å². The number of ether oxygens (including phenoxy) is 1. The predicted molar refractivity (Wildman–Crippen MR) is 95.9 cm³/mol. The lowest BCUT2D eigenvalue weighted by Crippen LogP contribution is -2.27. The van der Waals surface area contributed by atoms with Crippen molar-refractivity contribution < 1.29 is 22.7 Å². The van der Waals surface area contributed by atoms with Gasteiger partial charge in [0.25, 0.3) is 5.91 Å². The van der Waals surface area contributed by atoms with Gasteiger partial charge in [0.1, 0.15) is 5.69 Å². The lowest BCUT2D eigenvalue weighted by Gasteiger charge is -2.16. The number of fused-ring (bicyclic) bond motifs is 1. The summed E-state index contributed by atoms with van der Waals surface area (Å²) >= 11 is 0. The number of hydrogen-bond acceptors (Lipinski definition) is 5. The molecule has 0 bridgehead atoms. The van der Waals surface area contributed by atoms with Crippen LogP contribution in [-0.4, -0.2) is 33.6 Å². The molecule has 146 valence electrons. The zero-order chi connectivity index (χ0) is 20.3. The number of alkyl halides is 3. The lowest BCUT2D eigenvalue weighted by molar-refractivity contribution is -0.154. The summed E-state index contributed by atoms with van der Waals surface area (Å²) in [5.41, 5.74) is 2.51. The Kier molecular flexibility index (Phi) is 5.43. The smallest absolute Gasteiger partial charge is 0.422 e. The minimum atomic E-state index is -4.44. The predicted octanol–water partition coefficient (Wildman–Crippen LogP) is 3.77. The van der Waals surface area contributed by atoms with E-state index >= 15 is 0 Å². The third kappa shape index (κ3) is 4.73. The van der Waals surface area contributed by atoms with Crippen LogP contribution in [0.15, 0.2) is 42.7 Å². The Morgan fingerprint density at radius 2 is 1.89 bits per heavy atom. The number of carbonyl (C=O) groups excluding carboxylic acids is 1. The molecule has 0 fully saturated rings. The molecule has 2 aromatic heterocycles. The molecule has 9 heteroatoms. The van der Waals surface area contributed by atoms with E-state index in [1.807, 2.05) is 6.07 Å². The number of benzene rings is 1. The quantitative estimate of drug-likeness (QED) is 0.718. The third-order valence-corrected chi connectivity index (χ3v) is 3.95. The Hall–Kier alpha value is -3.23. The van der Waals surface area contributed by atoms with Crippen LogP contribution in [-0.2, 0) is 0 Å². The highest BCUT2D eigenvalue weighted by molar-refractivity contribution is 5.94. The average molecular weight is 390 g/mol. The van der Waals surface area contributed by atoms with E-state index in [0.29, 0.717) is 22.2 Å². The number of aryl methyl sites for hydroxylation is 1. The van der Waals surface area contributed by atoms with Gasteiger partial charge in [-0.25, -0.2) is 9.97 Å². The molecule has 1 amide bonds. The van der Waals surface area contributed by atoms with Crippen molar-refractivity contribution >= 4 is 16.9 Å². The molecule has 3 rings (SSSR count). The number of carbonyl (C=O) groups is 1. The highest BCUT2D eigenvalue weighted by Crippen LogP contribution is 2.22. The number of rotatable bonds is 5. The van der Waals surface area contributed by atoms with Crippen molar-refractivity contribution in [3.8, 4) is 5.88 Å². The first-order valence-corrected chi connectivity index (χ1v) is 8.41. The molecule has 1 aromatic carbocycles. The molecule has 6 nitrogen and oxygen atoms in total. The summed E-state index contributed by atoms with van der Waals surface area (Å²) < 4.78 is 41.5. The molecule has 0 saturated carbocycles. The largest absolute Gasteiger partial charge is 0.468 e. The van der Waals surface area contributed by atoms with Crippen LogP contribution in [0, 0.1) is 6.92 Å². The van der Waals surface area contributed by atoms with Crippen molar-refractivity contribution in [2.75, 3.05) is 6.61 Å². The molecule has 0 aliphatic heterocycles. The molecular weight excluding hydrogens is 373 g/mol. The number of halogens is 3. The van der Waals surface area contributed by atoms with Gasteiger partial charge < -0.3 is 10.1 Å². The van der Waals surface area contributed by atoms with Gasteiger partial charge >= 0.3 is 6.18 Å². The number of nitrogens with zero attached hydrogens (tertiary/aromatic N) is 3. The molecule has 1 unspecified atom stereocenters. The normalized spacial score (nSPS) is 12.6. The van der Waals surface area contributed by atoms with Crippen LogP contribution in [0.5, 0.6) is 5.88 Å². The highest BCUT2D eigenvalue weighted by atomic mass is 19.4. The van der Waals surface area contributed by atoms with Gasteiger partial charge in [0, 0.05) is 11.8 Å². The highest BCUT2D eigenvalue weighted by Gasteiger charge is 2.29. The molecule has 3 aromatic rings. The number of hydrogen-bond donors (Lipinski definition) is 1. The van der Waals surface area contributed by atoms with Gasteiger partial charge in [-0.15, -0.1) is 0 Å². The van der Waals surface area contributed by atoms with Crippen molar-refractivity contribution in [2.24, 2.45) is 0 Å². The fourth-order valence-electron chi connectivity index (χ4n) is 2.54. The number of amides is 1. The van der Waals surface area contributed by atoms with Crippen LogP contribution in [0.2, 0.25) is 0 Å². The molecule has 28 heavy (non-hydrogen) atoms. The fraction of sp³-hybridized carbons (Fsp3) is 0.263. The summed E-state index contributed by atoms with van der Waals surface area (Å²) in [6.45, 7) is 1.91. The Morgan fingerprint density at radius 3 is 2.57 bits per heavy atom. The minimum Gasteiger partial charge on any atom is -0.468 e. The summed E-state index contributed by atoms with van der Waals surface area (Å²) in [4.78, 5) is 24.9. The topological polar surface area (TPSA) is 77.0 Å². The van der Waals surface area contributed by atoms with Gasteiger partial charge in [-0.2, -0.15) is 13.2 Å². The van der Waals surface area contributed by atoms with E-state index in [-0.39, 0.29) is 11.6 Å². The van der Waals surface area contributed by atoms with Crippen LogP contribution in [0.4, 0.5) is 13.2 Å². The maximum absolute atomic E-state index is 12.5. The van der Waals surface area contributed by atoms with Gasteiger partial charge in [0.15, 0.2) is 6.61 Å². The first-order chi connectivity index (χ1) is 13.2. The van der Waals surface area contributed by atoms with Crippen molar-refractivity contribution in [3.05, 3.63) is 59.5 Å². The summed E-state index contributed by atoms with van der Waals surface area (Å²) in [5.74, 6) is -0.513. The molecule has 0 aliphatic rings. The molecule has 1 N–H and O–H groups in total. The fourth-order valence-corrected chi connectivity index (χ4v) is 2.54. The number of nitrogens with one attached hydrogen (secondary N) is 1.